The lowest BCUT2D eigenvalue weighted by Crippen LogP contribution is -2.10. The van der Waals surface area contributed by atoms with Crippen molar-refractivity contribution >= 4 is 5.82 Å². The molecule has 0 unspecified atom stereocenters. The van der Waals surface area contributed by atoms with Crippen LogP contribution < -0.4 is 11.1 Å². The van der Waals surface area contributed by atoms with E-state index in [0.717, 1.165) is 17.2 Å². The molecule has 0 spiro atoms. The molecule has 20 heavy (non-hydrogen) atoms. The van der Waals surface area contributed by atoms with E-state index in [9.17, 15) is 13.2 Å². The summed E-state index contributed by atoms with van der Waals surface area (Å²) in [5, 5.41) is 9.53. The van der Waals surface area contributed by atoms with Crippen LogP contribution in [0.5, 0.6) is 0 Å². The van der Waals surface area contributed by atoms with Gasteiger partial charge in [-0.15, -0.1) is 10.2 Å². The van der Waals surface area contributed by atoms with E-state index >= 15 is 0 Å². The molecule has 0 aliphatic heterocycles. The summed E-state index contributed by atoms with van der Waals surface area (Å²) >= 11 is 0. The summed E-state index contributed by atoms with van der Waals surface area (Å²) in [6.07, 6.45) is -4.47. The Kier molecular flexibility index (Phi) is 4.19. The number of halogens is 3. The summed E-state index contributed by atoms with van der Waals surface area (Å²) in [5.74, 6) is 0.293. The lowest BCUT2D eigenvalue weighted by Gasteiger charge is -2.08. The first kappa shape index (κ1) is 14.3. The van der Waals surface area contributed by atoms with E-state index in [1.54, 1.807) is 0 Å². The van der Waals surface area contributed by atoms with Gasteiger partial charge in [-0.1, -0.05) is 24.3 Å². The lowest BCUT2D eigenvalue weighted by atomic mass is 10.1. The molecule has 1 aromatic heterocycles. The van der Waals surface area contributed by atoms with Gasteiger partial charge in [-0.25, -0.2) is 0 Å². The molecule has 0 saturated heterocycles. The molecule has 0 saturated carbocycles. The van der Waals surface area contributed by atoms with E-state index in [0.29, 0.717) is 18.9 Å². The molecule has 2 aromatic rings. The fourth-order valence-electron chi connectivity index (χ4n) is 1.56. The first-order valence-electron chi connectivity index (χ1n) is 5.92. The second-order valence-corrected chi connectivity index (χ2v) is 4.18. The van der Waals surface area contributed by atoms with E-state index < -0.39 is 11.9 Å². The van der Waals surface area contributed by atoms with Crippen molar-refractivity contribution in [3.8, 4) is 0 Å². The van der Waals surface area contributed by atoms with Crippen molar-refractivity contribution in [1.29, 1.82) is 0 Å². The number of nitrogens with two attached hydrogens (primary N) is 1. The maximum atomic E-state index is 12.3. The van der Waals surface area contributed by atoms with E-state index in [4.69, 9.17) is 5.73 Å². The monoisotopic (exact) mass is 282 g/mol. The molecule has 3 N–H and O–H groups in total. The van der Waals surface area contributed by atoms with E-state index in [1.807, 2.05) is 24.3 Å². The van der Waals surface area contributed by atoms with E-state index in [1.165, 1.54) is 6.07 Å². The molecule has 0 aliphatic carbocycles. The minimum atomic E-state index is -4.47. The average Bonchev–Trinajstić information content (AvgIpc) is 2.45. The molecular weight excluding hydrogens is 269 g/mol. The van der Waals surface area contributed by atoms with Crippen LogP contribution in [0.25, 0.3) is 0 Å². The topological polar surface area (TPSA) is 63.8 Å². The first-order valence-corrected chi connectivity index (χ1v) is 5.92. The van der Waals surface area contributed by atoms with Crippen molar-refractivity contribution in [1.82, 2.24) is 10.2 Å². The van der Waals surface area contributed by atoms with Crippen LogP contribution in [0.3, 0.4) is 0 Å². The number of nitrogens with one attached hydrogen (secondary N) is 1. The second-order valence-electron chi connectivity index (χ2n) is 4.18. The van der Waals surface area contributed by atoms with Crippen molar-refractivity contribution in [3.63, 3.8) is 0 Å². The summed E-state index contributed by atoms with van der Waals surface area (Å²) in [6, 6.07) is 9.74. The van der Waals surface area contributed by atoms with Crippen LogP contribution in [0.15, 0.2) is 36.4 Å². The second kappa shape index (κ2) is 5.87. The highest BCUT2D eigenvalue weighted by Crippen LogP contribution is 2.27. The summed E-state index contributed by atoms with van der Waals surface area (Å²) in [5.41, 5.74) is 6.48. The summed E-state index contributed by atoms with van der Waals surface area (Å²) in [7, 11) is 0. The van der Waals surface area contributed by atoms with Crippen molar-refractivity contribution in [2.45, 2.75) is 19.3 Å². The Morgan fingerprint density at radius 2 is 1.60 bits per heavy atom. The van der Waals surface area contributed by atoms with Crippen LogP contribution in [0.2, 0.25) is 0 Å². The SMILES string of the molecule is NCc1ccc(CNc2ccc(C(F)(F)F)nn2)cc1. The van der Waals surface area contributed by atoms with Crippen LogP contribution in [0.1, 0.15) is 16.8 Å². The van der Waals surface area contributed by atoms with Gasteiger partial charge in [-0.05, 0) is 23.3 Å². The molecule has 0 radical (unpaired) electrons. The van der Waals surface area contributed by atoms with Crippen LogP contribution in [0.4, 0.5) is 19.0 Å². The molecule has 0 fully saturated rings. The number of benzene rings is 1. The Hall–Kier alpha value is -2.15. The van der Waals surface area contributed by atoms with Gasteiger partial charge in [0.1, 0.15) is 5.82 Å². The lowest BCUT2D eigenvalue weighted by molar-refractivity contribution is -0.141. The zero-order valence-electron chi connectivity index (χ0n) is 10.5. The smallest absolute Gasteiger partial charge is 0.365 e. The van der Waals surface area contributed by atoms with Crippen molar-refractivity contribution in [2.75, 3.05) is 5.32 Å². The molecule has 0 aliphatic rings. The van der Waals surface area contributed by atoms with Crippen LogP contribution in [-0.2, 0) is 19.3 Å². The molecule has 1 heterocycles. The molecular formula is C13H13F3N4. The average molecular weight is 282 g/mol. The number of aromatic nitrogens is 2. The van der Waals surface area contributed by atoms with Crippen molar-refractivity contribution in [2.24, 2.45) is 5.73 Å². The number of rotatable bonds is 4. The van der Waals surface area contributed by atoms with Crippen LogP contribution >= 0.6 is 0 Å². The third-order valence-corrected chi connectivity index (χ3v) is 2.69. The Morgan fingerprint density at radius 1 is 0.950 bits per heavy atom. The molecule has 0 bridgehead atoms. The van der Waals surface area contributed by atoms with Gasteiger partial charge in [-0.2, -0.15) is 13.2 Å². The predicted octanol–water partition coefficient (Wildman–Crippen LogP) is 2.57. The van der Waals surface area contributed by atoms with Crippen LogP contribution in [-0.4, -0.2) is 10.2 Å². The molecule has 4 nitrogen and oxygen atoms in total. The zero-order chi connectivity index (χ0) is 14.6. The van der Waals surface area contributed by atoms with Gasteiger partial charge in [0.25, 0.3) is 0 Å². The summed E-state index contributed by atoms with van der Waals surface area (Å²) in [4.78, 5) is 0. The van der Waals surface area contributed by atoms with Gasteiger partial charge in [0.15, 0.2) is 5.69 Å². The van der Waals surface area contributed by atoms with Gasteiger partial charge < -0.3 is 11.1 Å². The number of anilines is 1. The Morgan fingerprint density at radius 3 is 2.10 bits per heavy atom. The van der Waals surface area contributed by atoms with Crippen LogP contribution in [0, 0.1) is 0 Å². The normalized spacial score (nSPS) is 11.4. The summed E-state index contributed by atoms with van der Waals surface area (Å²) in [6.45, 7) is 0.920. The van der Waals surface area contributed by atoms with E-state index in [2.05, 4.69) is 15.5 Å². The van der Waals surface area contributed by atoms with Gasteiger partial charge in [0.05, 0.1) is 0 Å². The molecule has 0 atom stereocenters. The van der Waals surface area contributed by atoms with Gasteiger partial charge in [-0.3, -0.25) is 0 Å². The van der Waals surface area contributed by atoms with Gasteiger partial charge in [0.2, 0.25) is 0 Å². The van der Waals surface area contributed by atoms with E-state index in [-0.39, 0.29) is 0 Å². The van der Waals surface area contributed by atoms with Gasteiger partial charge in [0, 0.05) is 13.1 Å². The molecule has 2 rings (SSSR count). The first-order chi connectivity index (χ1) is 9.49. The Labute approximate surface area is 113 Å². The highest BCUT2D eigenvalue weighted by Gasteiger charge is 2.32. The third-order valence-electron chi connectivity index (χ3n) is 2.69. The summed E-state index contributed by atoms with van der Waals surface area (Å²) < 4.78 is 36.9. The maximum absolute atomic E-state index is 12.3. The van der Waals surface area contributed by atoms with Gasteiger partial charge >= 0.3 is 6.18 Å². The number of nitrogens with zero attached hydrogens (tertiary/aromatic N) is 2. The number of hydrogen-bond acceptors (Lipinski definition) is 4. The Balaban J connectivity index is 1.96. The quantitative estimate of drug-likeness (QED) is 0.904. The molecule has 1 aromatic carbocycles. The van der Waals surface area contributed by atoms with Crippen molar-refractivity contribution in [3.05, 3.63) is 53.2 Å². The fourth-order valence-corrected chi connectivity index (χ4v) is 1.56. The fraction of sp³-hybridized carbons (Fsp3) is 0.231. The number of hydrogen-bond donors (Lipinski definition) is 2. The predicted molar refractivity (Wildman–Crippen MR) is 68.7 cm³/mol. The third kappa shape index (κ3) is 3.67. The standard InChI is InChI=1S/C13H13F3N4/c14-13(15,16)11-5-6-12(20-19-11)18-8-10-3-1-9(7-17)2-4-10/h1-6H,7-8,17H2,(H,18,20). The maximum Gasteiger partial charge on any atom is 0.435 e. The minimum Gasteiger partial charge on any atom is -0.365 e. The molecule has 0 amide bonds. The molecule has 7 heteroatoms. The number of alkyl halides is 3. The van der Waals surface area contributed by atoms with Crippen molar-refractivity contribution < 1.29 is 13.2 Å². The largest absolute Gasteiger partial charge is 0.435 e. The Bertz CT molecular complexity index is 549. The highest BCUT2D eigenvalue weighted by molar-refractivity contribution is 5.35. The highest BCUT2D eigenvalue weighted by atomic mass is 19.4. The minimum absolute atomic E-state index is 0.293. The zero-order valence-corrected chi connectivity index (χ0v) is 10.5. The molecule has 106 valence electrons.